The van der Waals surface area contributed by atoms with Crippen molar-refractivity contribution in [3.8, 4) is 0 Å². The van der Waals surface area contributed by atoms with Crippen molar-refractivity contribution in [2.75, 3.05) is 0 Å². The first-order valence-corrected chi connectivity index (χ1v) is 4.51. The van der Waals surface area contributed by atoms with Crippen molar-refractivity contribution in [2.45, 2.75) is 0 Å². The van der Waals surface area contributed by atoms with Gasteiger partial charge in [-0.05, 0) is 41.4 Å². The molecule has 0 aliphatic heterocycles. The molecule has 0 aliphatic rings. The average molecular weight is 265 g/mol. The van der Waals surface area contributed by atoms with E-state index in [1.54, 1.807) is 0 Å². The Morgan fingerprint density at radius 2 is 1.25 bits per heavy atom. The molecule has 0 amide bonds. The summed E-state index contributed by atoms with van der Waals surface area (Å²) in [5.74, 6) is -2.25. The minimum absolute atomic E-state index is 0.0186. The van der Waals surface area contributed by atoms with E-state index in [0.717, 1.165) is 6.07 Å². The highest BCUT2D eigenvalue weighted by molar-refractivity contribution is 6.93. The van der Waals surface area contributed by atoms with E-state index in [9.17, 15) is 9.59 Å². The van der Waals surface area contributed by atoms with Crippen LogP contribution in [-0.4, -0.2) is 26.9 Å². The SMILES string of the molecule is O=C(Cl)Cl.O=C(O)c1cccc(C(=O)O)c1. The molecule has 0 radical (unpaired) electrons. The van der Waals surface area contributed by atoms with E-state index < -0.39 is 16.6 Å². The van der Waals surface area contributed by atoms with Gasteiger partial charge in [0.1, 0.15) is 0 Å². The number of benzene rings is 1. The van der Waals surface area contributed by atoms with Crippen LogP contribution in [0.5, 0.6) is 0 Å². The Hall–Kier alpha value is -1.59. The number of hydrogen-bond donors (Lipinski definition) is 2. The van der Waals surface area contributed by atoms with Crippen molar-refractivity contribution in [1.29, 1.82) is 0 Å². The van der Waals surface area contributed by atoms with Gasteiger partial charge in [-0.1, -0.05) is 6.07 Å². The van der Waals surface area contributed by atoms with E-state index >= 15 is 0 Å². The number of carbonyl (C=O) groups excluding carboxylic acids is 1. The third-order valence-corrected chi connectivity index (χ3v) is 1.36. The van der Waals surface area contributed by atoms with E-state index in [-0.39, 0.29) is 11.1 Å². The number of rotatable bonds is 2. The molecular weight excluding hydrogens is 259 g/mol. The summed E-state index contributed by atoms with van der Waals surface area (Å²) in [6, 6.07) is 5.20. The van der Waals surface area contributed by atoms with Crippen LogP contribution in [0.2, 0.25) is 0 Å². The monoisotopic (exact) mass is 264 g/mol. The lowest BCUT2D eigenvalue weighted by atomic mass is 10.1. The van der Waals surface area contributed by atoms with Gasteiger partial charge in [0.05, 0.1) is 11.1 Å². The van der Waals surface area contributed by atoms with Gasteiger partial charge in [-0.25, -0.2) is 9.59 Å². The fourth-order valence-electron chi connectivity index (χ4n) is 0.785. The van der Waals surface area contributed by atoms with Gasteiger partial charge in [0.25, 0.3) is 0 Å². The summed E-state index contributed by atoms with van der Waals surface area (Å²) < 4.78 is -0.889. The minimum Gasteiger partial charge on any atom is -0.478 e. The van der Waals surface area contributed by atoms with E-state index in [1.807, 2.05) is 0 Å². The molecule has 0 aliphatic carbocycles. The zero-order chi connectivity index (χ0) is 12.7. The van der Waals surface area contributed by atoms with Gasteiger partial charge in [-0.2, -0.15) is 0 Å². The zero-order valence-corrected chi connectivity index (χ0v) is 9.20. The van der Waals surface area contributed by atoms with E-state index in [4.69, 9.17) is 15.0 Å². The lowest BCUT2D eigenvalue weighted by Gasteiger charge is -1.95. The Morgan fingerprint density at radius 3 is 1.50 bits per heavy atom. The van der Waals surface area contributed by atoms with Crippen molar-refractivity contribution in [2.24, 2.45) is 0 Å². The van der Waals surface area contributed by atoms with Gasteiger partial charge in [0, 0.05) is 0 Å². The normalized spacial score (nSPS) is 8.62. The van der Waals surface area contributed by atoms with Crippen LogP contribution in [0.25, 0.3) is 0 Å². The molecule has 0 fully saturated rings. The molecule has 0 spiro atoms. The maximum Gasteiger partial charge on any atom is 0.335 e. The number of halogens is 2. The molecule has 86 valence electrons. The van der Waals surface area contributed by atoms with Gasteiger partial charge < -0.3 is 10.2 Å². The maximum absolute atomic E-state index is 10.4. The van der Waals surface area contributed by atoms with Crippen LogP contribution in [0.15, 0.2) is 24.3 Å². The molecule has 1 aromatic carbocycles. The van der Waals surface area contributed by atoms with E-state index in [1.165, 1.54) is 18.2 Å². The van der Waals surface area contributed by atoms with Crippen molar-refractivity contribution in [3.05, 3.63) is 35.4 Å². The number of hydrogen-bond acceptors (Lipinski definition) is 3. The molecule has 2 N–H and O–H groups in total. The Bertz CT molecular complexity index is 383. The molecule has 1 aromatic rings. The first kappa shape index (κ1) is 14.4. The summed E-state index contributed by atoms with van der Waals surface area (Å²) in [5.41, 5.74) is -0.0372. The minimum atomic E-state index is -1.13. The lowest BCUT2D eigenvalue weighted by molar-refractivity contribution is 0.0696. The molecule has 0 unspecified atom stereocenters. The Morgan fingerprint density at radius 1 is 0.938 bits per heavy atom. The van der Waals surface area contributed by atoms with Crippen LogP contribution < -0.4 is 0 Å². The smallest absolute Gasteiger partial charge is 0.335 e. The Kier molecular flexibility index (Phi) is 6.14. The lowest BCUT2D eigenvalue weighted by Crippen LogP contribution is -2.01. The quantitative estimate of drug-likeness (QED) is 0.802. The predicted octanol–water partition coefficient (Wildman–Crippen LogP) is 2.67. The summed E-state index contributed by atoms with van der Waals surface area (Å²) in [6.07, 6.45) is 0. The summed E-state index contributed by atoms with van der Waals surface area (Å²) in [5, 5.41) is 17.0. The Labute approximate surface area is 100 Å². The van der Waals surface area contributed by atoms with E-state index in [2.05, 4.69) is 23.2 Å². The van der Waals surface area contributed by atoms with Gasteiger partial charge >= 0.3 is 16.6 Å². The number of aromatic carboxylic acids is 2. The first-order chi connectivity index (χ1) is 7.34. The molecular formula is C9H6Cl2O5. The van der Waals surface area contributed by atoms with Crippen molar-refractivity contribution in [1.82, 2.24) is 0 Å². The summed E-state index contributed by atoms with van der Waals surface area (Å²) in [4.78, 5) is 29.7. The highest BCUT2D eigenvalue weighted by Gasteiger charge is 2.06. The number of carboxylic acid groups (broad SMARTS) is 2. The summed E-state index contributed by atoms with van der Waals surface area (Å²) >= 11 is 8.80. The predicted molar refractivity (Wildman–Crippen MR) is 57.5 cm³/mol. The van der Waals surface area contributed by atoms with Crippen LogP contribution >= 0.6 is 23.2 Å². The van der Waals surface area contributed by atoms with Gasteiger partial charge in [0.15, 0.2) is 0 Å². The van der Waals surface area contributed by atoms with Gasteiger partial charge in [-0.3, -0.25) is 4.79 Å². The molecule has 16 heavy (non-hydrogen) atoms. The highest BCUT2D eigenvalue weighted by Crippen LogP contribution is 2.04. The standard InChI is InChI=1S/C8H6O4.CCl2O/c9-7(10)5-2-1-3-6(4-5)8(11)12;2-1(3)4/h1-4H,(H,9,10)(H,11,12);. The van der Waals surface area contributed by atoms with Crippen LogP contribution in [0.1, 0.15) is 20.7 Å². The first-order valence-electron chi connectivity index (χ1n) is 3.76. The summed E-state index contributed by atoms with van der Waals surface area (Å²) in [6.45, 7) is 0. The van der Waals surface area contributed by atoms with Gasteiger partial charge in [0.2, 0.25) is 0 Å². The fourth-order valence-corrected chi connectivity index (χ4v) is 0.785. The van der Waals surface area contributed by atoms with Crippen LogP contribution in [0.4, 0.5) is 4.79 Å². The summed E-state index contributed by atoms with van der Waals surface area (Å²) in [7, 11) is 0. The second kappa shape index (κ2) is 6.81. The number of carbonyl (C=O) groups is 3. The van der Waals surface area contributed by atoms with E-state index in [0.29, 0.717) is 0 Å². The molecule has 0 aromatic heterocycles. The second-order valence-corrected chi connectivity index (χ2v) is 3.30. The van der Waals surface area contributed by atoms with Crippen molar-refractivity contribution >= 4 is 39.8 Å². The molecule has 1 rings (SSSR count). The van der Waals surface area contributed by atoms with Crippen molar-refractivity contribution in [3.63, 3.8) is 0 Å². The number of carboxylic acids is 2. The molecule has 0 heterocycles. The Balaban J connectivity index is 0.000000487. The molecule has 0 saturated carbocycles. The molecule has 0 atom stereocenters. The average Bonchev–Trinajstić information content (AvgIpc) is 2.17. The van der Waals surface area contributed by atoms with Gasteiger partial charge in [-0.15, -0.1) is 0 Å². The zero-order valence-electron chi connectivity index (χ0n) is 7.68. The fraction of sp³-hybridized carbons (Fsp3) is 0. The highest BCUT2D eigenvalue weighted by atomic mass is 35.5. The van der Waals surface area contributed by atoms with Crippen molar-refractivity contribution < 1.29 is 24.6 Å². The molecule has 5 nitrogen and oxygen atoms in total. The molecule has 0 bridgehead atoms. The topological polar surface area (TPSA) is 91.7 Å². The second-order valence-electron chi connectivity index (χ2n) is 2.42. The van der Waals surface area contributed by atoms with Crippen LogP contribution in [0.3, 0.4) is 0 Å². The van der Waals surface area contributed by atoms with Crippen LogP contribution in [-0.2, 0) is 0 Å². The maximum atomic E-state index is 10.4. The molecule has 7 heteroatoms. The third kappa shape index (κ3) is 6.00. The third-order valence-electron chi connectivity index (χ3n) is 1.36. The molecule has 0 saturated heterocycles. The van der Waals surface area contributed by atoms with Crippen LogP contribution in [0, 0.1) is 0 Å². The largest absolute Gasteiger partial charge is 0.478 e.